The second kappa shape index (κ2) is 8.94. The maximum Gasteiger partial charge on any atom is 0.340 e. The number of rotatable bonds is 7. The van der Waals surface area contributed by atoms with E-state index in [2.05, 4.69) is 15.2 Å². The number of aromatic amines is 1. The van der Waals surface area contributed by atoms with Crippen molar-refractivity contribution in [2.75, 3.05) is 6.61 Å². The molecule has 3 rings (SSSR count). The molecule has 28 heavy (non-hydrogen) atoms. The first-order chi connectivity index (χ1) is 13.4. The molecule has 1 atom stereocenters. The van der Waals surface area contributed by atoms with Crippen molar-refractivity contribution in [2.45, 2.75) is 76.2 Å². The van der Waals surface area contributed by atoms with Gasteiger partial charge in [0.25, 0.3) is 5.22 Å². The number of ketones is 1. The Labute approximate surface area is 169 Å². The highest BCUT2D eigenvalue weighted by Crippen LogP contribution is 2.34. The molecule has 0 bridgehead atoms. The van der Waals surface area contributed by atoms with Crippen LogP contribution in [0.2, 0.25) is 0 Å². The second-order valence-electron chi connectivity index (χ2n) is 7.21. The highest BCUT2D eigenvalue weighted by atomic mass is 32.2. The van der Waals surface area contributed by atoms with Crippen molar-refractivity contribution in [3.8, 4) is 0 Å². The summed E-state index contributed by atoms with van der Waals surface area (Å²) in [7, 11) is 0. The number of nitrogens with one attached hydrogen (secondary N) is 1. The average molecular weight is 406 g/mol. The first kappa shape index (κ1) is 20.6. The number of carbonyl (C=O) groups excluding carboxylic acids is 2. The fourth-order valence-electron chi connectivity index (χ4n) is 3.70. The van der Waals surface area contributed by atoms with Crippen LogP contribution < -0.4 is 0 Å². The number of nitrogens with zero attached hydrogens (tertiary/aromatic N) is 2. The number of hydrogen-bond donors (Lipinski definition) is 1. The van der Waals surface area contributed by atoms with Crippen molar-refractivity contribution >= 4 is 23.5 Å². The van der Waals surface area contributed by atoms with Crippen molar-refractivity contribution in [3.05, 3.63) is 28.4 Å². The lowest BCUT2D eigenvalue weighted by Gasteiger charge is -2.17. The summed E-state index contributed by atoms with van der Waals surface area (Å²) in [6.45, 7) is 7.37. The summed E-state index contributed by atoms with van der Waals surface area (Å²) in [5, 5.41) is 8.29. The minimum Gasteiger partial charge on any atom is -0.462 e. The molecule has 8 heteroatoms. The Morgan fingerprint density at radius 3 is 2.64 bits per heavy atom. The SMILES string of the molecule is CCOC(=O)c1c(C)[nH]c(C(=O)[C@@H](C)Sc2nnc(C3CCCCC3)o2)c1C. The van der Waals surface area contributed by atoms with Crippen LogP contribution in [-0.4, -0.2) is 38.8 Å². The van der Waals surface area contributed by atoms with Gasteiger partial charge < -0.3 is 14.1 Å². The van der Waals surface area contributed by atoms with E-state index in [1.54, 1.807) is 27.7 Å². The highest BCUT2D eigenvalue weighted by Gasteiger charge is 2.28. The van der Waals surface area contributed by atoms with Gasteiger partial charge in [0.15, 0.2) is 5.78 Å². The topological polar surface area (TPSA) is 98.1 Å². The van der Waals surface area contributed by atoms with E-state index in [9.17, 15) is 9.59 Å². The lowest BCUT2D eigenvalue weighted by Crippen LogP contribution is -2.15. The molecule has 0 saturated heterocycles. The number of Topliss-reactive ketones (excluding diaryl/α,β-unsaturated/α-hetero) is 1. The second-order valence-corrected chi connectivity index (χ2v) is 8.50. The normalized spacial score (nSPS) is 16.1. The highest BCUT2D eigenvalue weighted by molar-refractivity contribution is 8.00. The molecule has 0 unspecified atom stereocenters. The molecular formula is C20H27N3O4S. The number of H-pyrrole nitrogens is 1. The van der Waals surface area contributed by atoms with Crippen molar-refractivity contribution in [3.63, 3.8) is 0 Å². The van der Waals surface area contributed by atoms with E-state index >= 15 is 0 Å². The van der Waals surface area contributed by atoms with Crippen LogP contribution in [0.5, 0.6) is 0 Å². The molecular weight excluding hydrogens is 378 g/mol. The van der Waals surface area contributed by atoms with E-state index in [1.807, 2.05) is 0 Å². The predicted octanol–water partition coefficient (Wildman–Crippen LogP) is 4.60. The zero-order valence-corrected chi connectivity index (χ0v) is 17.6. The molecule has 2 aromatic heterocycles. The standard InChI is InChI=1S/C20H27N3O4S/c1-5-26-19(25)15-11(2)16(21-12(15)3)17(24)13(4)28-20-23-22-18(27-20)14-9-7-6-8-10-14/h13-14,21H,5-10H2,1-4H3/t13-/m1/s1. The molecule has 7 nitrogen and oxygen atoms in total. The molecule has 0 spiro atoms. The fourth-order valence-corrected chi connectivity index (χ4v) is 4.45. The van der Waals surface area contributed by atoms with Gasteiger partial charge in [-0.3, -0.25) is 4.79 Å². The predicted molar refractivity (Wildman–Crippen MR) is 106 cm³/mol. The van der Waals surface area contributed by atoms with E-state index in [0.29, 0.717) is 46.2 Å². The van der Waals surface area contributed by atoms with Crippen molar-refractivity contribution < 1.29 is 18.7 Å². The Kier molecular flexibility index (Phi) is 6.59. The van der Waals surface area contributed by atoms with Gasteiger partial charge in [0, 0.05) is 11.6 Å². The molecule has 0 radical (unpaired) electrons. The average Bonchev–Trinajstić information content (AvgIpc) is 3.26. The summed E-state index contributed by atoms with van der Waals surface area (Å²) in [5.74, 6) is 0.487. The van der Waals surface area contributed by atoms with Gasteiger partial charge in [-0.1, -0.05) is 31.0 Å². The summed E-state index contributed by atoms with van der Waals surface area (Å²) in [4.78, 5) is 28.1. The summed E-state index contributed by atoms with van der Waals surface area (Å²) in [5.41, 5.74) is 2.10. The zero-order valence-electron chi connectivity index (χ0n) is 16.8. The van der Waals surface area contributed by atoms with Crippen LogP contribution in [0.15, 0.2) is 9.64 Å². The lowest BCUT2D eigenvalue weighted by atomic mass is 9.89. The van der Waals surface area contributed by atoms with Gasteiger partial charge in [0.1, 0.15) is 0 Å². The van der Waals surface area contributed by atoms with Gasteiger partial charge in [-0.05, 0) is 46.1 Å². The first-order valence-electron chi connectivity index (χ1n) is 9.82. The van der Waals surface area contributed by atoms with Crippen LogP contribution in [0, 0.1) is 13.8 Å². The third kappa shape index (κ3) is 4.32. The third-order valence-electron chi connectivity index (χ3n) is 5.19. The smallest absolute Gasteiger partial charge is 0.340 e. The molecule has 2 heterocycles. The van der Waals surface area contributed by atoms with Gasteiger partial charge >= 0.3 is 5.97 Å². The molecule has 152 valence electrons. The molecule has 1 fully saturated rings. The maximum atomic E-state index is 12.9. The van der Waals surface area contributed by atoms with Crippen LogP contribution in [0.1, 0.15) is 89.9 Å². The molecule has 1 N–H and O–H groups in total. The number of hydrogen-bond acceptors (Lipinski definition) is 7. The Hall–Kier alpha value is -2.09. The fraction of sp³-hybridized carbons (Fsp3) is 0.600. The summed E-state index contributed by atoms with van der Waals surface area (Å²) in [6, 6.07) is 0. The molecule has 1 aliphatic carbocycles. The van der Waals surface area contributed by atoms with E-state index in [0.717, 1.165) is 12.8 Å². The quantitative estimate of drug-likeness (QED) is 0.408. The summed E-state index contributed by atoms with van der Waals surface area (Å²) < 4.78 is 10.9. The maximum absolute atomic E-state index is 12.9. The van der Waals surface area contributed by atoms with Gasteiger partial charge in [-0.2, -0.15) is 0 Å². The van der Waals surface area contributed by atoms with E-state index in [1.165, 1.54) is 31.0 Å². The van der Waals surface area contributed by atoms with Crippen LogP contribution >= 0.6 is 11.8 Å². The number of ether oxygens (including phenoxy) is 1. The van der Waals surface area contributed by atoms with E-state index in [4.69, 9.17) is 9.15 Å². The molecule has 1 aliphatic rings. The zero-order chi connectivity index (χ0) is 20.3. The molecule has 0 amide bonds. The molecule has 0 aliphatic heterocycles. The third-order valence-corrected chi connectivity index (χ3v) is 6.12. The van der Waals surface area contributed by atoms with Gasteiger partial charge in [-0.25, -0.2) is 4.79 Å². The Morgan fingerprint density at radius 2 is 1.96 bits per heavy atom. The number of thioether (sulfide) groups is 1. The number of carbonyl (C=O) groups is 2. The molecule has 2 aromatic rings. The molecule has 1 saturated carbocycles. The van der Waals surface area contributed by atoms with Gasteiger partial charge in [-0.15, -0.1) is 10.2 Å². The van der Waals surface area contributed by atoms with E-state index < -0.39 is 11.2 Å². The largest absolute Gasteiger partial charge is 0.462 e. The minimum atomic E-state index is -0.425. The van der Waals surface area contributed by atoms with E-state index in [-0.39, 0.29) is 5.78 Å². The summed E-state index contributed by atoms with van der Waals surface area (Å²) in [6.07, 6.45) is 5.81. The number of aryl methyl sites for hydroxylation is 1. The van der Waals surface area contributed by atoms with Gasteiger partial charge in [0.05, 0.1) is 23.1 Å². The monoisotopic (exact) mass is 405 g/mol. The lowest BCUT2D eigenvalue weighted by molar-refractivity contribution is 0.0525. The van der Waals surface area contributed by atoms with Crippen molar-refractivity contribution in [1.29, 1.82) is 0 Å². The first-order valence-corrected chi connectivity index (χ1v) is 10.7. The van der Waals surface area contributed by atoms with Crippen LogP contribution in [0.25, 0.3) is 0 Å². The van der Waals surface area contributed by atoms with Crippen LogP contribution in [-0.2, 0) is 4.74 Å². The Balaban J connectivity index is 1.70. The van der Waals surface area contributed by atoms with Crippen LogP contribution in [0.3, 0.4) is 0 Å². The van der Waals surface area contributed by atoms with Crippen molar-refractivity contribution in [1.82, 2.24) is 15.2 Å². The minimum absolute atomic E-state index is 0.112. The van der Waals surface area contributed by atoms with Crippen molar-refractivity contribution in [2.24, 2.45) is 0 Å². The Bertz CT molecular complexity index is 852. The Morgan fingerprint density at radius 1 is 1.25 bits per heavy atom. The summed E-state index contributed by atoms with van der Waals surface area (Å²) >= 11 is 1.25. The molecule has 0 aromatic carbocycles. The number of aromatic nitrogens is 3. The van der Waals surface area contributed by atoms with Crippen LogP contribution in [0.4, 0.5) is 0 Å². The van der Waals surface area contributed by atoms with Gasteiger partial charge in [0.2, 0.25) is 5.89 Å². The number of esters is 1.